The van der Waals surface area contributed by atoms with Crippen LogP contribution in [0.1, 0.15) is 15.9 Å². The fraction of sp³-hybridized carbons (Fsp3) is 0.133. The summed E-state index contributed by atoms with van der Waals surface area (Å²) in [5.74, 6) is 0.149. The Kier molecular flexibility index (Phi) is 4.25. The number of halogens is 2. The van der Waals surface area contributed by atoms with Crippen molar-refractivity contribution in [1.29, 1.82) is 0 Å². The summed E-state index contributed by atoms with van der Waals surface area (Å²) in [4.78, 5) is 12.3. The summed E-state index contributed by atoms with van der Waals surface area (Å²) in [7, 11) is 3.00. The predicted octanol–water partition coefficient (Wildman–Crippen LogP) is 3.73. The van der Waals surface area contributed by atoms with Crippen LogP contribution in [0.3, 0.4) is 0 Å². The molecule has 0 atom stereocenters. The van der Waals surface area contributed by atoms with E-state index in [-0.39, 0.29) is 10.8 Å². The van der Waals surface area contributed by atoms with E-state index in [4.69, 9.17) is 21.1 Å². The maximum Gasteiger partial charge on any atom is 0.193 e. The summed E-state index contributed by atoms with van der Waals surface area (Å²) in [5, 5.41) is -0.0867. The lowest BCUT2D eigenvalue weighted by Gasteiger charge is -2.09. The Labute approximate surface area is 120 Å². The van der Waals surface area contributed by atoms with E-state index >= 15 is 0 Å². The average Bonchev–Trinajstić information content (AvgIpc) is 2.48. The molecule has 0 aromatic heterocycles. The largest absolute Gasteiger partial charge is 0.493 e. The minimum Gasteiger partial charge on any atom is -0.493 e. The minimum absolute atomic E-state index is 0.0867. The van der Waals surface area contributed by atoms with Crippen molar-refractivity contribution < 1.29 is 18.7 Å². The van der Waals surface area contributed by atoms with Crippen LogP contribution in [0.2, 0.25) is 5.02 Å². The number of ether oxygens (including phenoxy) is 2. The quantitative estimate of drug-likeness (QED) is 0.806. The second-order valence-corrected chi connectivity index (χ2v) is 4.43. The van der Waals surface area contributed by atoms with Crippen LogP contribution < -0.4 is 9.47 Å². The van der Waals surface area contributed by atoms with Gasteiger partial charge in [0.1, 0.15) is 5.82 Å². The predicted molar refractivity (Wildman–Crippen MR) is 74.4 cm³/mol. The summed E-state index contributed by atoms with van der Waals surface area (Å²) in [6.07, 6.45) is 0. The molecule has 0 spiro atoms. The van der Waals surface area contributed by atoms with Gasteiger partial charge in [-0.05, 0) is 36.4 Å². The molecule has 0 aliphatic heterocycles. The molecule has 0 unspecified atom stereocenters. The van der Waals surface area contributed by atoms with Crippen LogP contribution in [0.4, 0.5) is 4.39 Å². The summed E-state index contributed by atoms with van der Waals surface area (Å²) >= 11 is 5.68. The third-order valence-electron chi connectivity index (χ3n) is 2.83. The maximum absolute atomic E-state index is 13.1. The molecular weight excluding hydrogens is 283 g/mol. The van der Waals surface area contributed by atoms with Gasteiger partial charge in [0, 0.05) is 11.1 Å². The molecule has 0 fully saturated rings. The molecule has 0 heterocycles. The molecule has 0 aliphatic rings. The standard InChI is InChI=1S/C15H12ClFO3/c1-19-13-6-4-10(8-14(13)20-2)15(18)9-3-5-12(17)11(16)7-9/h3-8H,1-2H3. The Balaban J connectivity index is 2.40. The molecule has 3 nitrogen and oxygen atoms in total. The van der Waals surface area contributed by atoms with E-state index in [2.05, 4.69) is 0 Å². The molecule has 0 saturated heterocycles. The smallest absolute Gasteiger partial charge is 0.193 e. The van der Waals surface area contributed by atoms with Gasteiger partial charge in [0.05, 0.1) is 19.2 Å². The van der Waals surface area contributed by atoms with Gasteiger partial charge in [-0.1, -0.05) is 11.6 Å². The Hall–Kier alpha value is -2.07. The Morgan fingerprint density at radius 2 is 1.60 bits per heavy atom. The first-order chi connectivity index (χ1) is 9.56. The molecule has 20 heavy (non-hydrogen) atoms. The molecular formula is C15H12ClFO3. The van der Waals surface area contributed by atoms with Gasteiger partial charge in [0.15, 0.2) is 17.3 Å². The lowest BCUT2D eigenvalue weighted by Crippen LogP contribution is -2.03. The normalized spacial score (nSPS) is 10.2. The molecule has 0 amide bonds. The van der Waals surface area contributed by atoms with Crippen molar-refractivity contribution in [3.05, 3.63) is 58.4 Å². The van der Waals surface area contributed by atoms with Crippen molar-refractivity contribution in [2.45, 2.75) is 0 Å². The highest BCUT2D eigenvalue weighted by atomic mass is 35.5. The highest BCUT2D eigenvalue weighted by molar-refractivity contribution is 6.31. The molecule has 0 saturated carbocycles. The molecule has 2 aromatic rings. The SMILES string of the molecule is COc1ccc(C(=O)c2ccc(F)c(Cl)c2)cc1OC. The van der Waals surface area contributed by atoms with E-state index in [1.807, 2.05) is 0 Å². The van der Waals surface area contributed by atoms with Gasteiger partial charge >= 0.3 is 0 Å². The Bertz CT molecular complexity index is 656. The molecule has 0 radical (unpaired) electrons. The number of hydrogen-bond acceptors (Lipinski definition) is 3. The number of hydrogen-bond donors (Lipinski definition) is 0. The molecule has 5 heteroatoms. The van der Waals surface area contributed by atoms with Gasteiger partial charge in [-0.3, -0.25) is 4.79 Å². The second kappa shape index (κ2) is 5.92. The number of carbonyl (C=O) groups is 1. The van der Waals surface area contributed by atoms with Crippen LogP contribution >= 0.6 is 11.6 Å². The fourth-order valence-corrected chi connectivity index (χ4v) is 1.96. The van der Waals surface area contributed by atoms with E-state index in [9.17, 15) is 9.18 Å². The van der Waals surface area contributed by atoms with Crippen molar-refractivity contribution >= 4 is 17.4 Å². The monoisotopic (exact) mass is 294 g/mol. The first-order valence-electron chi connectivity index (χ1n) is 5.78. The van der Waals surface area contributed by atoms with Gasteiger partial charge in [-0.25, -0.2) is 4.39 Å². The first-order valence-corrected chi connectivity index (χ1v) is 6.16. The van der Waals surface area contributed by atoms with E-state index in [0.717, 1.165) is 6.07 Å². The van der Waals surface area contributed by atoms with Crippen LogP contribution in [0.5, 0.6) is 11.5 Å². The molecule has 0 bridgehead atoms. The number of ketones is 1. The van der Waals surface area contributed by atoms with Crippen molar-refractivity contribution in [3.63, 3.8) is 0 Å². The van der Waals surface area contributed by atoms with Gasteiger partial charge < -0.3 is 9.47 Å². The van der Waals surface area contributed by atoms with Crippen LogP contribution in [-0.4, -0.2) is 20.0 Å². The molecule has 0 aliphatic carbocycles. The zero-order valence-corrected chi connectivity index (χ0v) is 11.7. The van der Waals surface area contributed by atoms with Crippen LogP contribution in [0.15, 0.2) is 36.4 Å². The summed E-state index contributed by atoms with van der Waals surface area (Å²) in [6, 6.07) is 8.67. The number of carbonyl (C=O) groups excluding carboxylic acids is 1. The summed E-state index contributed by atoms with van der Waals surface area (Å²) in [5.41, 5.74) is 0.717. The highest BCUT2D eigenvalue weighted by Gasteiger charge is 2.14. The van der Waals surface area contributed by atoms with Gasteiger partial charge in [-0.15, -0.1) is 0 Å². The van der Waals surface area contributed by atoms with Crippen molar-refractivity contribution in [2.75, 3.05) is 14.2 Å². The minimum atomic E-state index is -0.560. The van der Waals surface area contributed by atoms with Crippen LogP contribution in [0, 0.1) is 5.82 Å². The van der Waals surface area contributed by atoms with Crippen LogP contribution in [-0.2, 0) is 0 Å². The van der Waals surface area contributed by atoms with Gasteiger partial charge in [0.25, 0.3) is 0 Å². The maximum atomic E-state index is 13.1. The van der Waals surface area contributed by atoms with E-state index < -0.39 is 5.82 Å². The molecule has 0 N–H and O–H groups in total. The third kappa shape index (κ3) is 2.75. The lowest BCUT2D eigenvalue weighted by atomic mass is 10.0. The zero-order chi connectivity index (χ0) is 14.7. The van der Waals surface area contributed by atoms with E-state index in [0.29, 0.717) is 22.6 Å². The summed E-state index contributed by atoms with van der Waals surface area (Å²) in [6.45, 7) is 0. The second-order valence-electron chi connectivity index (χ2n) is 4.03. The van der Waals surface area contributed by atoms with Gasteiger partial charge in [-0.2, -0.15) is 0 Å². The number of rotatable bonds is 4. The Morgan fingerprint density at radius 1 is 1.00 bits per heavy atom. The van der Waals surface area contributed by atoms with Crippen molar-refractivity contribution in [1.82, 2.24) is 0 Å². The summed E-state index contributed by atoms with van der Waals surface area (Å²) < 4.78 is 23.3. The number of methoxy groups -OCH3 is 2. The highest BCUT2D eigenvalue weighted by Crippen LogP contribution is 2.29. The van der Waals surface area contributed by atoms with Crippen molar-refractivity contribution in [3.8, 4) is 11.5 Å². The topological polar surface area (TPSA) is 35.5 Å². The Morgan fingerprint density at radius 3 is 2.20 bits per heavy atom. The van der Waals surface area contributed by atoms with Crippen molar-refractivity contribution in [2.24, 2.45) is 0 Å². The zero-order valence-electron chi connectivity index (χ0n) is 10.9. The van der Waals surface area contributed by atoms with Crippen LogP contribution in [0.25, 0.3) is 0 Å². The lowest BCUT2D eigenvalue weighted by molar-refractivity contribution is 0.103. The first kappa shape index (κ1) is 14.3. The fourth-order valence-electron chi connectivity index (χ4n) is 1.78. The van der Waals surface area contributed by atoms with E-state index in [1.54, 1.807) is 18.2 Å². The average molecular weight is 295 g/mol. The third-order valence-corrected chi connectivity index (χ3v) is 3.12. The molecule has 2 rings (SSSR count). The number of benzene rings is 2. The van der Waals surface area contributed by atoms with Gasteiger partial charge in [0.2, 0.25) is 0 Å². The molecule has 104 valence electrons. The van der Waals surface area contributed by atoms with E-state index in [1.165, 1.54) is 26.4 Å². The molecule has 2 aromatic carbocycles.